The van der Waals surface area contributed by atoms with Crippen LogP contribution in [0.2, 0.25) is 0 Å². The highest BCUT2D eigenvalue weighted by atomic mass is 32.2. The summed E-state index contributed by atoms with van der Waals surface area (Å²) in [7, 11) is 0. The third-order valence-corrected chi connectivity index (χ3v) is 4.30. The van der Waals surface area contributed by atoms with Crippen LogP contribution in [0.15, 0.2) is 29.3 Å². The molecular weight excluding hydrogens is 247 g/mol. The predicted octanol–water partition coefficient (Wildman–Crippen LogP) is 3.09. The van der Waals surface area contributed by atoms with E-state index >= 15 is 0 Å². The van der Waals surface area contributed by atoms with Crippen LogP contribution in [0.5, 0.6) is 0 Å². The summed E-state index contributed by atoms with van der Waals surface area (Å²) in [4.78, 5) is 4.53. The Morgan fingerprint density at radius 1 is 1.44 bits per heavy atom. The molecule has 0 aromatic heterocycles. The number of amidine groups is 1. The number of rotatable bonds is 3. The number of halogens is 1. The zero-order chi connectivity index (χ0) is 13.0. The van der Waals surface area contributed by atoms with Crippen LogP contribution in [-0.4, -0.2) is 24.0 Å². The molecule has 2 nitrogen and oxygen atoms in total. The highest BCUT2D eigenvalue weighted by Crippen LogP contribution is 2.26. The van der Waals surface area contributed by atoms with Crippen molar-refractivity contribution in [2.75, 3.05) is 18.8 Å². The summed E-state index contributed by atoms with van der Waals surface area (Å²) in [6.45, 7) is 6.14. The van der Waals surface area contributed by atoms with Crippen molar-refractivity contribution in [3.05, 3.63) is 35.6 Å². The minimum atomic E-state index is -0.168. The number of hydrogen-bond acceptors (Lipinski definition) is 3. The molecule has 0 saturated heterocycles. The molecule has 4 heteroatoms. The van der Waals surface area contributed by atoms with Crippen molar-refractivity contribution in [3.63, 3.8) is 0 Å². The first kappa shape index (κ1) is 13.4. The van der Waals surface area contributed by atoms with Gasteiger partial charge in [-0.15, -0.1) is 0 Å². The molecule has 1 aromatic carbocycles. The van der Waals surface area contributed by atoms with Crippen molar-refractivity contribution in [1.29, 1.82) is 0 Å². The van der Waals surface area contributed by atoms with Crippen LogP contribution in [-0.2, 0) is 6.42 Å². The zero-order valence-corrected chi connectivity index (χ0v) is 11.7. The maximum absolute atomic E-state index is 13.0. The van der Waals surface area contributed by atoms with Crippen LogP contribution >= 0.6 is 11.8 Å². The van der Waals surface area contributed by atoms with Crippen LogP contribution in [0.1, 0.15) is 19.4 Å². The number of benzene rings is 1. The Balaban J connectivity index is 1.78. The average molecular weight is 266 g/mol. The van der Waals surface area contributed by atoms with Crippen molar-refractivity contribution in [1.82, 2.24) is 5.32 Å². The maximum Gasteiger partial charge on any atom is 0.156 e. The Hall–Kier alpha value is -1.03. The Kier molecular flexibility index (Phi) is 4.27. The Bertz CT molecular complexity index is 443. The highest BCUT2D eigenvalue weighted by molar-refractivity contribution is 8.13. The van der Waals surface area contributed by atoms with Gasteiger partial charge in [-0.2, -0.15) is 0 Å². The summed E-state index contributed by atoms with van der Waals surface area (Å²) in [6, 6.07) is 6.75. The van der Waals surface area contributed by atoms with E-state index in [4.69, 9.17) is 0 Å². The maximum atomic E-state index is 13.0. The van der Waals surface area contributed by atoms with Crippen LogP contribution in [0.3, 0.4) is 0 Å². The van der Waals surface area contributed by atoms with Gasteiger partial charge in [-0.25, -0.2) is 4.39 Å². The van der Waals surface area contributed by atoms with Gasteiger partial charge in [0, 0.05) is 18.8 Å². The molecule has 0 saturated carbocycles. The SMILES string of the molecule is CC1(C)CN=C(NCCc2cccc(F)c2)SC1. The number of nitrogens with zero attached hydrogens (tertiary/aromatic N) is 1. The number of thioether (sulfide) groups is 1. The van der Waals surface area contributed by atoms with E-state index in [2.05, 4.69) is 24.2 Å². The lowest BCUT2D eigenvalue weighted by Crippen LogP contribution is -2.32. The van der Waals surface area contributed by atoms with E-state index in [9.17, 15) is 4.39 Å². The van der Waals surface area contributed by atoms with E-state index < -0.39 is 0 Å². The van der Waals surface area contributed by atoms with E-state index in [0.29, 0.717) is 5.41 Å². The van der Waals surface area contributed by atoms with Crippen LogP contribution < -0.4 is 5.32 Å². The Morgan fingerprint density at radius 2 is 2.28 bits per heavy atom. The molecule has 2 rings (SSSR count). The summed E-state index contributed by atoms with van der Waals surface area (Å²) in [5, 5.41) is 4.34. The van der Waals surface area contributed by atoms with Crippen molar-refractivity contribution >= 4 is 16.9 Å². The van der Waals surface area contributed by atoms with Crippen molar-refractivity contribution in [3.8, 4) is 0 Å². The summed E-state index contributed by atoms with van der Waals surface area (Å²) in [6.07, 6.45) is 0.820. The van der Waals surface area contributed by atoms with Gasteiger partial charge in [-0.3, -0.25) is 4.99 Å². The fraction of sp³-hybridized carbons (Fsp3) is 0.500. The average Bonchev–Trinajstić information content (AvgIpc) is 2.31. The number of nitrogens with one attached hydrogen (secondary N) is 1. The molecule has 1 aliphatic rings. The molecule has 0 fully saturated rings. The minimum Gasteiger partial charge on any atom is -0.365 e. The molecule has 1 heterocycles. The summed E-state index contributed by atoms with van der Waals surface area (Å²) in [5.74, 6) is 0.928. The lowest BCUT2D eigenvalue weighted by atomic mass is 9.97. The first-order valence-corrected chi connectivity index (χ1v) is 7.19. The van der Waals surface area contributed by atoms with Crippen molar-refractivity contribution in [2.45, 2.75) is 20.3 Å². The highest BCUT2D eigenvalue weighted by Gasteiger charge is 2.22. The van der Waals surface area contributed by atoms with Gasteiger partial charge in [-0.1, -0.05) is 37.7 Å². The Morgan fingerprint density at radius 3 is 2.94 bits per heavy atom. The van der Waals surface area contributed by atoms with Gasteiger partial charge < -0.3 is 5.32 Å². The fourth-order valence-electron chi connectivity index (χ4n) is 1.75. The molecule has 18 heavy (non-hydrogen) atoms. The van der Waals surface area contributed by atoms with Crippen LogP contribution in [0, 0.1) is 11.2 Å². The standard InChI is InChI=1S/C14H19FN2S/c1-14(2)9-17-13(18-10-14)16-7-6-11-4-3-5-12(15)8-11/h3-5,8H,6-7,9-10H2,1-2H3,(H,16,17). The topological polar surface area (TPSA) is 24.4 Å². The van der Waals surface area contributed by atoms with Gasteiger partial charge in [0.2, 0.25) is 0 Å². The third kappa shape index (κ3) is 4.02. The van der Waals surface area contributed by atoms with E-state index in [1.165, 1.54) is 6.07 Å². The molecule has 1 N–H and O–H groups in total. The van der Waals surface area contributed by atoms with Crippen LogP contribution in [0.25, 0.3) is 0 Å². The summed E-state index contributed by atoms with van der Waals surface area (Å²) < 4.78 is 13.0. The Labute approximate surface area is 112 Å². The first-order valence-electron chi connectivity index (χ1n) is 6.21. The van der Waals surface area contributed by atoms with E-state index in [1.54, 1.807) is 23.9 Å². The molecule has 98 valence electrons. The van der Waals surface area contributed by atoms with Gasteiger partial charge in [-0.05, 0) is 29.5 Å². The van der Waals surface area contributed by atoms with Gasteiger partial charge >= 0.3 is 0 Å². The molecular formula is C14H19FN2S. The summed E-state index contributed by atoms with van der Waals surface area (Å²) >= 11 is 1.77. The van der Waals surface area contributed by atoms with Crippen molar-refractivity contribution in [2.24, 2.45) is 10.4 Å². The zero-order valence-electron chi connectivity index (χ0n) is 10.9. The van der Waals surface area contributed by atoms with E-state index in [-0.39, 0.29) is 5.82 Å². The van der Waals surface area contributed by atoms with Crippen molar-refractivity contribution < 1.29 is 4.39 Å². The summed E-state index contributed by atoms with van der Waals surface area (Å²) in [5.41, 5.74) is 1.32. The predicted molar refractivity (Wildman–Crippen MR) is 76.6 cm³/mol. The molecule has 0 spiro atoms. The van der Waals surface area contributed by atoms with Gasteiger partial charge in [0.1, 0.15) is 5.82 Å². The monoisotopic (exact) mass is 266 g/mol. The number of hydrogen-bond donors (Lipinski definition) is 1. The lowest BCUT2D eigenvalue weighted by molar-refractivity contribution is 0.437. The third-order valence-electron chi connectivity index (χ3n) is 2.83. The second-order valence-electron chi connectivity index (χ2n) is 5.38. The molecule has 1 aliphatic heterocycles. The molecule has 0 amide bonds. The van der Waals surface area contributed by atoms with Gasteiger partial charge in [0.15, 0.2) is 5.17 Å². The van der Waals surface area contributed by atoms with Crippen LogP contribution in [0.4, 0.5) is 4.39 Å². The second-order valence-corrected chi connectivity index (χ2v) is 6.35. The molecule has 0 unspecified atom stereocenters. The molecule has 0 aliphatic carbocycles. The number of aliphatic imine (C=N–C) groups is 1. The van der Waals surface area contributed by atoms with Gasteiger partial charge in [0.05, 0.1) is 0 Å². The van der Waals surface area contributed by atoms with E-state index in [1.807, 2.05) is 6.07 Å². The molecule has 0 bridgehead atoms. The van der Waals surface area contributed by atoms with Gasteiger partial charge in [0.25, 0.3) is 0 Å². The second kappa shape index (κ2) is 5.74. The largest absolute Gasteiger partial charge is 0.365 e. The normalized spacial score (nSPS) is 18.3. The molecule has 1 aromatic rings. The molecule has 0 radical (unpaired) electrons. The molecule has 0 atom stereocenters. The quantitative estimate of drug-likeness (QED) is 0.909. The minimum absolute atomic E-state index is 0.168. The lowest BCUT2D eigenvalue weighted by Gasteiger charge is -2.27. The first-order chi connectivity index (χ1) is 8.55. The van der Waals surface area contributed by atoms with E-state index in [0.717, 1.165) is 36.0 Å². The smallest absolute Gasteiger partial charge is 0.156 e. The fourth-order valence-corrected chi connectivity index (χ4v) is 2.73.